The van der Waals surface area contributed by atoms with E-state index in [1.807, 2.05) is 23.1 Å². The van der Waals surface area contributed by atoms with Crippen molar-refractivity contribution in [3.8, 4) is 0 Å². The molecule has 4 rings (SSSR count). The molecule has 2 aromatic heterocycles. The van der Waals surface area contributed by atoms with Gasteiger partial charge in [-0.1, -0.05) is 30.3 Å². The van der Waals surface area contributed by atoms with Crippen LogP contribution in [0.4, 0.5) is 5.95 Å². The molecule has 0 unspecified atom stereocenters. The van der Waals surface area contributed by atoms with Gasteiger partial charge in [0.2, 0.25) is 5.95 Å². The fourth-order valence-electron chi connectivity index (χ4n) is 3.69. The average Bonchev–Trinajstić information content (AvgIpc) is 2.79. The number of benzene rings is 1. The molecule has 1 fully saturated rings. The lowest BCUT2D eigenvalue weighted by Gasteiger charge is -2.32. The van der Waals surface area contributed by atoms with Gasteiger partial charge >= 0.3 is 0 Å². The number of nitrogens with one attached hydrogen (secondary N) is 1. The molecule has 148 valence electrons. The third-order valence-electron chi connectivity index (χ3n) is 5.34. The van der Waals surface area contributed by atoms with Crippen LogP contribution in [0.2, 0.25) is 0 Å². The Bertz CT molecular complexity index is 924. The first kappa shape index (κ1) is 19.1. The summed E-state index contributed by atoms with van der Waals surface area (Å²) < 4.78 is 0. The number of pyridine rings is 1. The van der Waals surface area contributed by atoms with Crippen LogP contribution in [-0.4, -0.2) is 38.8 Å². The Morgan fingerprint density at radius 1 is 0.966 bits per heavy atom. The third-order valence-corrected chi connectivity index (χ3v) is 5.34. The summed E-state index contributed by atoms with van der Waals surface area (Å²) in [5, 5.41) is 3.17. The Kier molecular flexibility index (Phi) is 6.10. The Hall–Kier alpha value is -3.28. The molecular weight excluding hydrogens is 362 g/mol. The lowest BCUT2D eigenvalue weighted by Crippen LogP contribution is -2.39. The van der Waals surface area contributed by atoms with Gasteiger partial charge in [0, 0.05) is 38.2 Å². The van der Waals surface area contributed by atoms with Crippen molar-refractivity contribution < 1.29 is 4.79 Å². The maximum Gasteiger partial charge on any atom is 0.272 e. The zero-order valence-corrected chi connectivity index (χ0v) is 16.4. The number of likely N-dealkylation sites (tertiary alicyclic amines) is 1. The number of amides is 1. The van der Waals surface area contributed by atoms with Crippen LogP contribution in [0.15, 0.2) is 67.1 Å². The minimum absolute atomic E-state index is 0.0162. The zero-order chi connectivity index (χ0) is 19.9. The Labute approximate surface area is 171 Å². The minimum Gasteiger partial charge on any atom is -0.350 e. The van der Waals surface area contributed by atoms with E-state index in [0.717, 1.165) is 37.9 Å². The summed E-state index contributed by atoms with van der Waals surface area (Å²) in [6.07, 6.45) is 8.27. The van der Waals surface area contributed by atoms with Gasteiger partial charge in [0.1, 0.15) is 5.69 Å². The Morgan fingerprint density at radius 3 is 2.48 bits per heavy atom. The van der Waals surface area contributed by atoms with Gasteiger partial charge < -0.3 is 10.2 Å². The fraction of sp³-hybridized carbons (Fsp3) is 0.304. The summed E-state index contributed by atoms with van der Waals surface area (Å²) >= 11 is 0. The summed E-state index contributed by atoms with van der Waals surface area (Å²) in [6, 6.07) is 16.1. The van der Waals surface area contributed by atoms with E-state index in [1.54, 1.807) is 24.7 Å². The van der Waals surface area contributed by atoms with Crippen molar-refractivity contribution in [2.45, 2.75) is 25.8 Å². The van der Waals surface area contributed by atoms with Crippen molar-refractivity contribution in [2.24, 2.45) is 5.92 Å². The van der Waals surface area contributed by atoms with Crippen molar-refractivity contribution >= 4 is 11.9 Å². The van der Waals surface area contributed by atoms with Gasteiger partial charge in [-0.2, -0.15) is 0 Å². The molecule has 1 aliphatic rings. The molecule has 6 heteroatoms. The third kappa shape index (κ3) is 5.16. The van der Waals surface area contributed by atoms with Crippen LogP contribution in [-0.2, 0) is 13.0 Å². The molecule has 0 atom stereocenters. The highest BCUT2D eigenvalue weighted by Gasteiger charge is 2.24. The molecule has 6 nitrogen and oxygen atoms in total. The lowest BCUT2D eigenvalue weighted by atomic mass is 9.90. The molecule has 3 heterocycles. The number of hydrogen-bond donors (Lipinski definition) is 1. The number of hydrogen-bond acceptors (Lipinski definition) is 5. The first-order valence-corrected chi connectivity index (χ1v) is 10.1. The summed E-state index contributed by atoms with van der Waals surface area (Å²) in [7, 11) is 0. The molecule has 0 saturated carbocycles. The highest BCUT2D eigenvalue weighted by molar-refractivity contribution is 5.92. The molecule has 0 aliphatic carbocycles. The second kappa shape index (κ2) is 9.28. The maximum absolute atomic E-state index is 12.9. The lowest BCUT2D eigenvalue weighted by molar-refractivity contribution is 0.0684. The van der Waals surface area contributed by atoms with Crippen LogP contribution in [0.5, 0.6) is 0 Å². The molecule has 0 bridgehead atoms. The normalized spacial score (nSPS) is 14.6. The van der Waals surface area contributed by atoms with Crippen LogP contribution in [0, 0.1) is 5.92 Å². The summed E-state index contributed by atoms with van der Waals surface area (Å²) in [6.45, 7) is 2.14. The number of carbonyl (C=O) groups is 1. The number of rotatable bonds is 6. The summed E-state index contributed by atoms with van der Waals surface area (Å²) in [4.78, 5) is 27.5. The van der Waals surface area contributed by atoms with Crippen molar-refractivity contribution in [1.82, 2.24) is 19.9 Å². The second-order valence-corrected chi connectivity index (χ2v) is 7.40. The summed E-state index contributed by atoms with van der Waals surface area (Å²) in [5.74, 6) is 1.08. The molecule has 1 amide bonds. The minimum atomic E-state index is -0.0162. The van der Waals surface area contributed by atoms with Crippen LogP contribution >= 0.6 is 0 Å². The number of carbonyl (C=O) groups excluding carboxylic acids is 1. The number of anilines is 1. The molecule has 0 spiro atoms. The molecule has 1 N–H and O–H groups in total. The van der Waals surface area contributed by atoms with E-state index >= 15 is 0 Å². The maximum atomic E-state index is 12.9. The Balaban J connectivity index is 1.31. The van der Waals surface area contributed by atoms with Crippen molar-refractivity contribution in [3.63, 3.8) is 0 Å². The van der Waals surface area contributed by atoms with Gasteiger partial charge in [-0.15, -0.1) is 0 Å². The van der Waals surface area contributed by atoms with Crippen LogP contribution in [0.3, 0.4) is 0 Å². The first-order valence-electron chi connectivity index (χ1n) is 10.1. The number of piperidine rings is 1. The smallest absolute Gasteiger partial charge is 0.272 e. The SMILES string of the molecule is O=C(c1ccnc(NCc2ccncc2)n1)N1CCC(Cc2ccccc2)CC1. The quantitative estimate of drug-likeness (QED) is 0.700. The molecule has 3 aromatic rings. The van der Waals surface area contributed by atoms with Gasteiger partial charge in [0.15, 0.2) is 0 Å². The standard InChI is InChI=1S/C23H25N5O/c29-22(28-14-9-19(10-15-28)16-18-4-2-1-3-5-18)21-8-13-25-23(27-21)26-17-20-6-11-24-12-7-20/h1-8,11-13,19H,9-10,14-17H2,(H,25,26,27). The molecule has 1 aliphatic heterocycles. The highest BCUT2D eigenvalue weighted by atomic mass is 16.2. The van der Waals surface area contributed by atoms with Crippen LogP contribution < -0.4 is 5.32 Å². The first-order chi connectivity index (χ1) is 14.3. The molecule has 1 aromatic carbocycles. The molecule has 0 radical (unpaired) electrons. The Morgan fingerprint density at radius 2 is 1.72 bits per heavy atom. The van der Waals surface area contributed by atoms with Crippen molar-refractivity contribution in [2.75, 3.05) is 18.4 Å². The van der Waals surface area contributed by atoms with E-state index in [9.17, 15) is 4.79 Å². The van der Waals surface area contributed by atoms with E-state index in [1.165, 1.54) is 5.56 Å². The van der Waals surface area contributed by atoms with E-state index in [4.69, 9.17) is 0 Å². The number of nitrogens with zero attached hydrogens (tertiary/aromatic N) is 4. The highest BCUT2D eigenvalue weighted by Crippen LogP contribution is 2.22. The van der Waals surface area contributed by atoms with Crippen molar-refractivity contribution in [1.29, 1.82) is 0 Å². The van der Waals surface area contributed by atoms with Gasteiger partial charge in [0.25, 0.3) is 5.91 Å². The van der Waals surface area contributed by atoms with Gasteiger partial charge in [0.05, 0.1) is 0 Å². The molecular formula is C23H25N5O. The second-order valence-electron chi connectivity index (χ2n) is 7.40. The predicted molar refractivity (Wildman–Crippen MR) is 112 cm³/mol. The fourth-order valence-corrected chi connectivity index (χ4v) is 3.69. The van der Waals surface area contributed by atoms with Gasteiger partial charge in [-0.25, -0.2) is 9.97 Å². The molecule has 1 saturated heterocycles. The van der Waals surface area contributed by atoms with E-state index in [-0.39, 0.29) is 5.91 Å². The largest absolute Gasteiger partial charge is 0.350 e. The van der Waals surface area contributed by atoms with E-state index in [0.29, 0.717) is 24.1 Å². The topological polar surface area (TPSA) is 71.0 Å². The van der Waals surface area contributed by atoms with Crippen molar-refractivity contribution in [3.05, 3.63) is 83.9 Å². The van der Waals surface area contributed by atoms with Crippen LogP contribution in [0.1, 0.15) is 34.5 Å². The predicted octanol–water partition coefficient (Wildman–Crippen LogP) is 3.58. The van der Waals surface area contributed by atoms with Crippen LogP contribution in [0.25, 0.3) is 0 Å². The van der Waals surface area contributed by atoms with Gasteiger partial charge in [-0.05, 0) is 54.5 Å². The summed E-state index contributed by atoms with van der Waals surface area (Å²) in [5.41, 5.74) is 2.90. The average molecular weight is 387 g/mol. The zero-order valence-electron chi connectivity index (χ0n) is 16.4. The van der Waals surface area contributed by atoms with Gasteiger partial charge in [-0.3, -0.25) is 9.78 Å². The van der Waals surface area contributed by atoms with E-state index in [2.05, 4.69) is 44.5 Å². The number of aromatic nitrogens is 3. The van der Waals surface area contributed by atoms with E-state index < -0.39 is 0 Å². The monoisotopic (exact) mass is 387 g/mol. The molecule has 29 heavy (non-hydrogen) atoms.